The molecule has 1 aliphatic heterocycles. The van der Waals surface area contributed by atoms with Crippen LogP contribution >= 0.6 is 0 Å². The van der Waals surface area contributed by atoms with Crippen molar-refractivity contribution in [1.82, 2.24) is 5.32 Å². The highest BCUT2D eigenvalue weighted by Gasteiger charge is 2.18. The lowest BCUT2D eigenvalue weighted by Gasteiger charge is -2.25. The van der Waals surface area contributed by atoms with Gasteiger partial charge in [-0.05, 0) is 37.5 Å². The Morgan fingerprint density at radius 3 is 2.78 bits per heavy atom. The van der Waals surface area contributed by atoms with E-state index >= 15 is 0 Å². The van der Waals surface area contributed by atoms with Crippen LogP contribution in [0.15, 0.2) is 18.2 Å². The summed E-state index contributed by atoms with van der Waals surface area (Å²) in [5.41, 5.74) is 0.282. The number of rotatable bonds is 8. The third kappa shape index (κ3) is 5.80. The lowest BCUT2D eigenvalue weighted by molar-refractivity contribution is -0.0589. The number of halogens is 2. The zero-order valence-electron chi connectivity index (χ0n) is 13.4. The van der Waals surface area contributed by atoms with E-state index in [0.29, 0.717) is 19.6 Å². The van der Waals surface area contributed by atoms with Crippen molar-refractivity contribution in [3.63, 3.8) is 0 Å². The van der Waals surface area contributed by atoms with Crippen molar-refractivity contribution >= 4 is 0 Å². The number of aliphatic hydroxyl groups is 1. The number of ether oxygens (including phenoxy) is 2. The Balaban J connectivity index is 1.78. The Labute approximate surface area is 135 Å². The molecule has 2 rings (SSSR count). The highest BCUT2D eigenvalue weighted by Crippen LogP contribution is 2.21. The summed E-state index contributed by atoms with van der Waals surface area (Å²) in [7, 11) is 0. The Morgan fingerprint density at radius 1 is 1.35 bits per heavy atom. The number of aliphatic hydroxyl groups excluding tert-OH is 1. The summed E-state index contributed by atoms with van der Waals surface area (Å²) in [5, 5.41) is 13.1. The van der Waals surface area contributed by atoms with Gasteiger partial charge in [-0.25, -0.2) is 8.78 Å². The number of benzene rings is 1. The number of hydrogen-bond acceptors (Lipinski definition) is 4. The predicted molar refractivity (Wildman–Crippen MR) is 83.2 cm³/mol. The molecular formula is C17H25F2NO3. The zero-order valence-corrected chi connectivity index (χ0v) is 13.4. The first-order chi connectivity index (χ1) is 11.1. The van der Waals surface area contributed by atoms with Gasteiger partial charge in [0, 0.05) is 31.4 Å². The smallest absolute Gasteiger partial charge is 0.128 e. The molecular weight excluding hydrogens is 304 g/mol. The van der Waals surface area contributed by atoms with Gasteiger partial charge in [0.15, 0.2) is 0 Å². The summed E-state index contributed by atoms with van der Waals surface area (Å²) in [6.45, 7) is 3.75. The molecule has 2 atom stereocenters. The highest BCUT2D eigenvalue weighted by molar-refractivity contribution is 5.22. The maximum absolute atomic E-state index is 13.8. The van der Waals surface area contributed by atoms with Crippen molar-refractivity contribution in [2.75, 3.05) is 26.4 Å². The van der Waals surface area contributed by atoms with Crippen LogP contribution in [0.3, 0.4) is 0 Å². The van der Waals surface area contributed by atoms with Crippen LogP contribution in [0.4, 0.5) is 8.78 Å². The molecule has 1 fully saturated rings. The molecule has 2 unspecified atom stereocenters. The molecule has 23 heavy (non-hydrogen) atoms. The maximum Gasteiger partial charge on any atom is 0.128 e. The van der Waals surface area contributed by atoms with E-state index in [2.05, 4.69) is 5.32 Å². The molecule has 6 heteroatoms. The zero-order chi connectivity index (χ0) is 16.7. The van der Waals surface area contributed by atoms with E-state index in [9.17, 15) is 13.9 Å². The minimum absolute atomic E-state index is 0.126. The fourth-order valence-corrected chi connectivity index (χ4v) is 2.68. The third-order valence-corrected chi connectivity index (χ3v) is 4.03. The van der Waals surface area contributed by atoms with E-state index in [4.69, 9.17) is 9.47 Å². The number of hydrogen-bond donors (Lipinski definition) is 2. The summed E-state index contributed by atoms with van der Waals surface area (Å²) >= 11 is 0. The molecule has 130 valence electrons. The molecule has 1 saturated heterocycles. The van der Waals surface area contributed by atoms with Gasteiger partial charge in [-0.3, -0.25) is 0 Å². The van der Waals surface area contributed by atoms with E-state index in [1.54, 1.807) is 0 Å². The Kier molecular flexibility index (Phi) is 7.36. The van der Waals surface area contributed by atoms with Gasteiger partial charge < -0.3 is 19.9 Å². The van der Waals surface area contributed by atoms with Gasteiger partial charge >= 0.3 is 0 Å². The summed E-state index contributed by atoms with van der Waals surface area (Å²) in [6, 6.07) is 3.08. The van der Waals surface area contributed by atoms with E-state index in [-0.39, 0.29) is 30.9 Å². The highest BCUT2D eigenvalue weighted by atomic mass is 19.1. The molecule has 0 saturated carbocycles. The third-order valence-electron chi connectivity index (χ3n) is 4.03. The van der Waals surface area contributed by atoms with Crippen LogP contribution in [-0.4, -0.2) is 43.7 Å². The van der Waals surface area contributed by atoms with Crippen molar-refractivity contribution in [3.05, 3.63) is 35.4 Å². The second kappa shape index (κ2) is 9.27. The van der Waals surface area contributed by atoms with Gasteiger partial charge in [0.05, 0.1) is 18.8 Å². The molecule has 1 aliphatic rings. The van der Waals surface area contributed by atoms with Gasteiger partial charge in [-0.2, -0.15) is 0 Å². The first kappa shape index (κ1) is 18.3. The molecule has 0 bridgehead atoms. The van der Waals surface area contributed by atoms with Crippen LogP contribution < -0.4 is 5.32 Å². The van der Waals surface area contributed by atoms with E-state index in [1.165, 1.54) is 6.07 Å². The van der Waals surface area contributed by atoms with Crippen molar-refractivity contribution in [2.45, 2.75) is 44.4 Å². The second-order valence-corrected chi connectivity index (χ2v) is 5.83. The summed E-state index contributed by atoms with van der Waals surface area (Å²) in [4.78, 5) is 0. The maximum atomic E-state index is 13.8. The normalized spacial score (nSPS) is 18.8. The molecule has 0 spiro atoms. The Bertz CT molecular complexity index is 481. The first-order valence-electron chi connectivity index (χ1n) is 8.16. The Morgan fingerprint density at radius 2 is 2.09 bits per heavy atom. The van der Waals surface area contributed by atoms with Crippen molar-refractivity contribution in [3.8, 4) is 0 Å². The van der Waals surface area contributed by atoms with Crippen molar-refractivity contribution in [2.24, 2.45) is 0 Å². The average molecular weight is 329 g/mol. The predicted octanol–water partition coefficient (Wildman–Crippen LogP) is 2.56. The van der Waals surface area contributed by atoms with Crippen LogP contribution in [-0.2, 0) is 9.47 Å². The number of nitrogens with one attached hydrogen (secondary N) is 1. The first-order valence-corrected chi connectivity index (χ1v) is 8.16. The van der Waals surface area contributed by atoms with Crippen LogP contribution in [0, 0.1) is 11.6 Å². The second-order valence-electron chi connectivity index (χ2n) is 5.83. The molecule has 2 N–H and O–H groups in total. The van der Waals surface area contributed by atoms with Crippen LogP contribution in [0.2, 0.25) is 0 Å². The average Bonchev–Trinajstić information content (AvgIpc) is 2.57. The van der Waals surface area contributed by atoms with Gasteiger partial charge in [0.2, 0.25) is 0 Å². The van der Waals surface area contributed by atoms with Gasteiger partial charge in [-0.1, -0.05) is 6.92 Å². The fraction of sp³-hybridized carbons (Fsp3) is 0.647. The van der Waals surface area contributed by atoms with Crippen molar-refractivity contribution < 1.29 is 23.4 Å². The SMILES string of the molecule is CCC(NCC(O)COC1CCOCC1)c1cc(F)ccc1F. The molecule has 1 aromatic carbocycles. The summed E-state index contributed by atoms with van der Waals surface area (Å²) in [5.74, 6) is -0.913. The molecule has 0 radical (unpaired) electrons. The molecule has 0 aromatic heterocycles. The van der Waals surface area contributed by atoms with Crippen LogP contribution in [0.5, 0.6) is 0 Å². The summed E-state index contributed by atoms with van der Waals surface area (Å²) in [6.07, 6.45) is 1.70. The Hall–Kier alpha value is -1.08. The van der Waals surface area contributed by atoms with E-state index in [0.717, 1.165) is 25.0 Å². The molecule has 0 amide bonds. The van der Waals surface area contributed by atoms with Crippen LogP contribution in [0.25, 0.3) is 0 Å². The summed E-state index contributed by atoms with van der Waals surface area (Å²) < 4.78 is 38.0. The topological polar surface area (TPSA) is 50.7 Å². The minimum Gasteiger partial charge on any atom is -0.389 e. The van der Waals surface area contributed by atoms with Gasteiger partial charge in [0.25, 0.3) is 0 Å². The lowest BCUT2D eigenvalue weighted by Crippen LogP contribution is -2.35. The minimum atomic E-state index is -0.691. The molecule has 4 nitrogen and oxygen atoms in total. The standard InChI is InChI=1S/C17H25F2NO3/c1-2-17(15-9-12(18)3-4-16(15)19)20-10-13(21)11-23-14-5-7-22-8-6-14/h3-4,9,13-14,17,20-21H,2,5-8,10-11H2,1H3. The fourth-order valence-electron chi connectivity index (χ4n) is 2.68. The van der Waals surface area contributed by atoms with E-state index in [1.807, 2.05) is 6.92 Å². The van der Waals surface area contributed by atoms with Crippen LogP contribution in [0.1, 0.15) is 37.8 Å². The monoisotopic (exact) mass is 329 g/mol. The van der Waals surface area contributed by atoms with Crippen molar-refractivity contribution in [1.29, 1.82) is 0 Å². The van der Waals surface area contributed by atoms with Gasteiger partial charge in [0.1, 0.15) is 11.6 Å². The molecule has 1 aromatic rings. The van der Waals surface area contributed by atoms with E-state index < -0.39 is 17.7 Å². The van der Waals surface area contributed by atoms with Gasteiger partial charge in [-0.15, -0.1) is 0 Å². The molecule has 1 heterocycles. The quantitative estimate of drug-likeness (QED) is 0.770. The lowest BCUT2D eigenvalue weighted by atomic mass is 10.0. The largest absolute Gasteiger partial charge is 0.389 e. The molecule has 0 aliphatic carbocycles.